The molecule has 3 rings (SSSR count). The van der Waals surface area contributed by atoms with Gasteiger partial charge in [-0.25, -0.2) is 8.42 Å². The monoisotopic (exact) mass is 398 g/mol. The summed E-state index contributed by atoms with van der Waals surface area (Å²) in [5.74, 6) is 0. The summed E-state index contributed by atoms with van der Waals surface area (Å²) < 4.78 is 28.1. The van der Waals surface area contributed by atoms with Gasteiger partial charge in [-0.2, -0.15) is 0 Å². The van der Waals surface area contributed by atoms with Crippen LogP contribution in [0.2, 0.25) is 0 Å². The molecule has 0 heterocycles. The van der Waals surface area contributed by atoms with Crippen LogP contribution < -0.4 is 0 Å². The quantitative estimate of drug-likeness (QED) is 0.574. The number of rotatable bonds is 5. The molecule has 0 spiro atoms. The molecule has 0 aliphatic rings. The first-order valence-electron chi connectivity index (χ1n) is 8.72. The van der Waals surface area contributed by atoms with Gasteiger partial charge in [0.05, 0.1) is 11.9 Å². The van der Waals surface area contributed by atoms with Crippen LogP contribution in [0.1, 0.15) is 16.7 Å². The van der Waals surface area contributed by atoms with Crippen LogP contribution in [-0.2, 0) is 21.1 Å². The Labute approximate surface area is 165 Å². The Balaban J connectivity index is 2.10. The van der Waals surface area contributed by atoms with Crippen LogP contribution in [0, 0.1) is 20.8 Å². The van der Waals surface area contributed by atoms with Gasteiger partial charge >= 0.3 is 0 Å². The number of hydrogen-bond donors (Lipinski definition) is 0. The molecule has 0 saturated carbocycles. The standard InChI is InChI=1S/C22H24NO2S2/c1-17-5-11-20(12-6-17)26(21-13-7-18(2)8-14-21)23(4)27(24,25)22-15-9-19(3)10-16-22/h5-16H,1-4H3/q+1. The predicted molar refractivity (Wildman–Crippen MR) is 112 cm³/mol. The molecule has 0 aromatic heterocycles. The van der Waals surface area contributed by atoms with Crippen molar-refractivity contribution in [1.82, 2.24) is 3.71 Å². The molecule has 0 fully saturated rings. The van der Waals surface area contributed by atoms with E-state index in [-0.39, 0.29) is 0 Å². The summed E-state index contributed by atoms with van der Waals surface area (Å²) in [5, 5.41) is 0. The Kier molecular flexibility index (Phi) is 5.75. The Morgan fingerprint density at radius 3 is 1.33 bits per heavy atom. The maximum atomic E-state index is 13.3. The van der Waals surface area contributed by atoms with E-state index in [2.05, 4.69) is 0 Å². The summed E-state index contributed by atoms with van der Waals surface area (Å²) in [4.78, 5) is 2.26. The van der Waals surface area contributed by atoms with Gasteiger partial charge in [0.2, 0.25) is 0 Å². The maximum absolute atomic E-state index is 13.3. The summed E-state index contributed by atoms with van der Waals surface area (Å²) in [6.45, 7) is 6.00. The van der Waals surface area contributed by atoms with Gasteiger partial charge in [0.1, 0.15) is 0 Å². The summed E-state index contributed by atoms with van der Waals surface area (Å²) in [5.41, 5.74) is 3.33. The largest absolute Gasteiger partial charge is 0.282 e. The van der Waals surface area contributed by atoms with Gasteiger partial charge < -0.3 is 0 Å². The smallest absolute Gasteiger partial charge is 0.203 e. The molecule has 0 aliphatic heterocycles. The van der Waals surface area contributed by atoms with Crippen molar-refractivity contribution in [3.8, 4) is 0 Å². The molecule has 27 heavy (non-hydrogen) atoms. The second kappa shape index (κ2) is 7.89. The molecule has 0 amide bonds. The molecule has 0 radical (unpaired) electrons. The molecule has 0 saturated heterocycles. The van der Waals surface area contributed by atoms with Crippen LogP contribution >= 0.6 is 0 Å². The lowest BCUT2D eigenvalue weighted by atomic mass is 10.2. The van der Waals surface area contributed by atoms with Crippen molar-refractivity contribution in [1.29, 1.82) is 0 Å². The zero-order valence-electron chi connectivity index (χ0n) is 16.0. The molecule has 3 aromatic carbocycles. The van der Waals surface area contributed by atoms with Crippen LogP contribution in [0.25, 0.3) is 0 Å². The van der Waals surface area contributed by atoms with Crippen molar-refractivity contribution in [2.75, 3.05) is 7.05 Å². The molecule has 0 bridgehead atoms. The van der Waals surface area contributed by atoms with Gasteiger partial charge in [-0.1, -0.05) is 53.1 Å². The van der Waals surface area contributed by atoms with E-state index >= 15 is 0 Å². The fourth-order valence-corrected chi connectivity index (χ4v) is 6.71. The van der Waals surface area contributed by atoms with Gasteiger partial charge in [-0.05, 0) is 60.9 Å². The van der Waals surface area contributed by atoms with Gasteiger partial charge in [-0.15, -0.1) is 0 Å². The molecule has 0 aliphatic carbocycles. The van der Waals surface area contributed by atoms with E-state index in [9.17, 15) is 8.42 Å². The highest BCUT2D eigenvalue weighted by atomic mass is 32.3. The molecular formula is C22H24NO2S2+. The van der Waals surface area contributed by atoms with Gasteiger partial charge in [0, 0.05) is 0 Å². The average molecular weight is 399 g/mol. The minimum Gasteiger partial charge on any atom is -0.203 e. The van der Waals surface area contributed by atoms with E-state index in [1.807, 2.05) is 81.4 Å². The average Bonchev–Trinajstić information content (AvgIpc) is 2.65. The number of benzene rings is 3. The fraction of sp³-hybridized carbons (Fsp3) is 0.182. The van der Waals surface area contributed by atoms with E-state index in [1.54, 1.807) is 19.2 Å². The molecule has 0 unspecified atom stereocenters. The van der Waals surface area contributed by atoms with Crippen molar-refractivity contribution in [3.05, 3.63) is 89.5 Å². The zero-order valence-corrected chi connectivity index (χ0v) is 17.6. The minimum absolute atomic E-state index is 0.312. The lowest BCUT2D eigenvalue weighted by Crippen LogP contribution is -2.33. The summed E-state index contributed by atoms with van der Waals surface area (Å²) in [6.07, 6.45) is 0. The third-order valence-electron chi connectivity index (χ3n) is 4.40. The normalized spacial score (nSPS) is 11.9. The van der Waals surface area contributed by atoms with E-state index in [0.29, 0.717) is 4.90 Å². The lowest BCUT2D eigenvalue weighted by molar-refractivity contribution is 0.562. The first kappa shape index (κ1) is 19.7. The number of sulfonamides is 1. The second-order valence-electron chi connectivity index (χ2n) is 6.64. The third kappa shape index (κ3) is 4.26. The SMILES string of the molecule is Cc1ccc([S+](c2ccc(C)cc2)N(C)S(=O)(=O)c2ccc(C)cc2)cc1. The molecule has 5 heteroatoms. The van der Waals surface area contributed by atoms with E-state index in [0.717, 1.165) is 26.5 Å². The Hall–Kier alpha value is -2.08. The van der Waals surface area contributed by atoms with Crippen molar-refractivity contribution in [2.24, 2.45) is 0 Å². The predicted octanol–water partition coefficient (Wildman–Crippen LogP) is 4.88. The highest BCUT2D eigenvalue weighted by Gasteiger charge is 2.40. The van der Waals surface area contributed by atoms with Crippen molar-refractivity contribution < 1.29 is 8.42 Å². The topological polar surface area (TPSA) is 37.4 Å². The molecular weight excluding hydrogens is 374 g/mol. The highest BCUT2D eigenvalue weighted by Crippen LogP contribution is 2.31. The number of hydrogen-bond acceptors (Lipinski definition) is 2. The minimum atomic E-state index is -3.63. The molecule has 140 valence electrons. The molecule has 0 N–H and O–H groups in total. The van der Waals surface area contributed by atoms with Crippen LogP contribution in [0.4, 0.5) is 0 Å². The van der Waals surface area contributed by atoms with Crippen LogP contribution in [0.3, 0.4) is 0 Å². The van der Waals surface area contributed by atoms with Gasteiger partial charge in [0.25, 0.3) is 10.0 Å². The number of nitrogens with zero attached hydrogens (tertiary/aromatic N) is 1. The fourth-order valence-electron chi connectivity index (χ4n) is 2.72. The third-order valence-corrected chi connectivity index (χ3v) is 8.94. The van der Waals surface area contributed by atoms with Crippen LogP contribution in [0.15, 0.2) is 87.5 Å². The lowest BCUT2D eigenvalue weighted by Gasteiger charge is -2.18. The Bertz CT molecular complexity index is 964. The second-order valence-corrected chi connectivity index (χ2v) is 10.9. The van der Waals surface area contributed by atoms with Crippen LogP contribution in [0.5, 0.6) is 0 Å². The van der Waals surface area contributed by atoms with Crippen molar-refractivity contribution in [3.63, 3.8) is 0 Å². The highest BCUT2D eigenvalue weighted by molar-refractivity contribution is 8.06. The van der Waals surface area contributed by atoms with Gasteiger partial charge in [0.15, 0.2) is 20.9 Å². The van der Waals surface area contributed by atoms with Crippen molar-refractivity contribution in [2.45, 2.75) is 35.5 Å². The first-order valence-corrected chi connectivity index (χ1v) is 11.3. The van der Waals surface area contributed by atoms with Crippen molar-refractivity contribution >= 4 is 21.1 Å². The Morgan fingerprint density at radius 1 is 0.630 bits per heavy atom. The summed E-state index contributed by atoms with van der Waals surface area (Å²) in [7, 11) is -1.96. The van der Waals surface area contributed by atoms with E-state index in [4.69, 9.17) is 0 Å². The van der Waals surface area contributed by atoms with E-state index < -0.39 is 21.1 Å². The summed E-state index contributed by atoms with van der Waals surface area (Å²) >= 11 is -0.742. The van der Waals surface area contributed by atoms with Gasteiger partial charge in [-0.3, -0.25) is 0 Å². The molecule has 3 nitrogen and oxygen atoms in total. The maximum Gasteiger partial charge on any atom is 0.282 e. The molecule has 3 aromatic rings. The Morgan fingerprint density at radius 2 is 0.963 bits per heavy atom. The summed E-state index contributed by atoms with van der Waals surface area (Å²) in [6, 6.07) is 23.2. The van der Waals surface area contributed by atoms with E-state index in [1.165, 1.54) is 3.71 Å². The van der Waals surface area contributed by atoms with Crippen LogP contribution in [-0.4, -0.2) is 19.2 Å². The molecule has 0 atom stereocenters. The zero-order chi connectivity index (χ0) is 19.6. The first-order chi connectivity index (χ1) is 12.8. The number of aryl methyl sites for hydroxylation is 3.